The van der Waals surface area contributed by atoms with Crippen LogP contribution in [0.25, 0.3) is 0 Å². The van der Waals surface area contributed by atoms with Gasteiger partial charge in [0, 0.05) is 13.0 Å². The van der Waals surface area contributed by atoms with Crippen LogP contribution < -0.4 is 11.2 Å². The molecule has 1 saturated heterocycles. The van der Waals surface area contributed by atoms with Crippen molar-refractivity contribution in [3.63, 3.8) is 0 Å². The summed E-state index contributed by atoms with van der Waals surface area (Å²) in [5, 5.41) is 4.17. The highest BCUT2D eigenvalue weighted by molar-refractivity contribution is 6.06. The van der Waals surface area contributed by atoms with Crippen LogP contribution in [0.3, 0.4) is 0 Å². The van der Waals surface area contributed by atoms with Gasteiger partial charge >= 0.3 is 6.09 Å². The average Bonchev–Trinajstić information content (AvgIpc) is 2.98. The largest absolute Gasteiger partial charge is 0.444 e. The van der Waals surface area contributed by atoms with E-state index < -0.39 is 29.1 Å². The van der Waals surface area contributed by atoms with Crippen LogP contribution in [0.4, 0.5) is 4.79 Å². The van der Waals surface area contributed by atoms with E-state index in [9.17, 15) is 14.4 Å². The minimum absolute atomic E-state index is 0.0488. The Kier molecular flexibility index (Phi) is 4.67. The molecule has 0 aromatic heterocycles. The Morgan fingerprint density at radius 3 is 2.56 bits per heavy atom. The molecule has 1 fully saturated rings. The Bertz CT molecular complexity index is 800. The minimum atomic E-state index is -0.969. The maximum Gasteiger partial charge on any atom is 0.411 e. The van der Waals surface area contributed by atoms with Gasteiger partial charge in [0.1, 0.15) is 11.6 Å². The number of benzene rings is 1. The Morgan fingerprint density at radius 2 is 1.96 bits per heavy atom. The van der Waals surface area contributed by atoms with E-state index in [1.807, 2.05) is 30.3 Å². The van der Waals surface area contributed by atoms with Crippen molar-refractivity contribution in [2.75, 3.05) is 6.54 Å². The number of rotatable bonds is 2. The molecule has 2 heterocycles. The highest BCUT2D eigenvalue weighted by Crippen LogP contribution is 2.41. The number of hydrogen-bond donors (Lipinski definition) is 2. The molecule has 0 saturated carbocycles. The first-order chi connectivity index (χ1) is 12.6. The molecule has 0 unspecified atom stereocenters. The van der Waals surface area contributed by atoms with Gasteiger partial charge in [-0.25, -0.2) is 10.2 Å². The molecular weight excluding hydrogens is 348 g/mol. The predicted molar refractivity (Wildman–Crippen MR) is 98.7 cm³/mol. The lowest BCUT2D eigenvalue weighted by atomic mass is 9.77. The van der Waals surface area contributed by atoms with E-state index in [4.69, 9.17) is 10.5 Å². The molecule has 1 spiro atoms. The van der Waals surface area contributed by atoms with Crippen molar-refractivity contribution in [1.29, 1.82) is 0 Å². The zero-order valence-corrected chi connectivity index (χ0v) is 15.7. The zero-order valence-electron chi connectivity index (χ0n) is 15.7. The van der Waals surface area contributed by atoms with E-state index in [0.29, 0.717) is 12.1 Å². The molecule has 3 rings (SSSR count). The highest BCUT2D eigenvalue weighted by atomic mass is 16.6. The molecule has 0 aliphatic carbocycles. The lowest BCUT2D eigenvalue weighted by Gasteiger charge is -2.31. The molecule has 1 aromatic carbocycles. The summed E-state index contributed by atoms with van der Waals surface area (Å²) in [7, 11) is 0. The van der Waals surface area contributed by atoms with Gasteiger partial charge in [0.15, 0.2) is 0 Å². The highest BCUT2D eigenvalue weighted by Gasteiger charge is 2.55. The predicted octanol–water partition coefficient (Wildman–Crippen LogP) is 1.39. The number of nitrogens with zero attached hydrogens (tertiary/aromatic N) is 2. The van der Waals surface area contributed by atoms with Crippen molar-refractivity contribution in [1.82, 2.24) is 10.3 Å². The van der Waals surface area contributed by atoms with Gasteiger partial charge in [0.25, 0.3) is 0 Å². The topological polar surface area (TPSA) is 114 Å². The van der Waals surface area contributed by atoms with E-state index >= 15 is 0 Å². The van der Waals surface area contributed by atoms with Gasteiger partial charge in [-0.05, 0) is 32.8 Å². The monoisotopic (exact) mass is 372 g/mol. The molecule has 1 aromatic rings. The summed E-state index contributed by atoms with van der Waals surface area (Å²) >= 11 is 0. The molecule has 8 nitrogen and oxygen atoms in total. The minimum Gasteiger partial charge on any atom is -0.444 e. The molecule has 2 aliphatic rings. The number of primary amides is 1. The van der Waals surface area contributed by atoms with E-state index in [0.717, 1.165) is 5.56 Å². The quantitative estimate of drug-likeness (QED) is 0.816. The lowest BCUT2D eigenvalue weighted by Crippen LogP contribution is -2.48. The summed E-state index contributed by atoms with van der Waals surface area (Å²) in [6.07, 6.45) is -0.203. The van der Waals surface area contributed by atoms with Crippen molar-refractivity contribution in [3.8, 4) is 0 Å². The van der Waals surface area contributed by atoms with Gasteiger partial charge in [-0.1, -0.05) is 30.3 Å². The fourth-order valence-corrected chi connectivity index (χ4v) is 3.51. The summed E-state index contributed by atoms with van der Waals surface area (Å²) in [5.74, 6) is -0.978. The SMILES string of the molecule is CC(C)(C)OC(=O)N1C[C@]2(CC(c3ccccc3)=NNC2=O)C[C@H]1C(N)=O. The average molecular weight is 372 g/mol. The second kappa shape index (κ2) is 6.68. The van der Waals surface area contributed by atoms with E-state index in [-0.39, 0.29) is 18.9 Å². The van der Waals surface area contributed by atoms with Crippen LogP contribution in [0, 0.1) is 5.41 Å². The third kappa shape index (κ3) is 3.79. The molecule has 8 heteroatoms. The Morgan fingerprint density at radius 1 is 1.30 bits per heavy atom. The van der Waals surface area contributed by atoms with Gasteiger partial charge in [-0.15, -0.1) is 0 Å². The second-order valence-corrected chi connectivity index (χ2v) is 8.05. The number of carbonyl (C=O) groups excluding carboxylic acids is 3. The van der Waals surface area contributed by atoms with Crippen LogP contribution in [-0.2, 0) is 14.3 Å². The van der Waals surface area contributed by atoms with Gasteiger partial charge in [-0.2, -0.15) is 5.10 Å². The maximum atomic E-state index is 12.7. The van der Waals surface area contributed by atoms with Crippen molar-refractivity contribution >= 4 is 23.6 Å². The second-order valence-electron chi connectivity index (χ2n) is 8.05. The Balaban J connectivity index is 1.89. The number of hydrogen-bond acceptors (Lipinski definition) is 5. The molecule has 3 amide bonds. The fourth-order valence-electron chi connectivity index (χ4n) is 3.51. The molecular formula is C19H24N4O4. The number of carbonyl (C=O) groups is 3. The molecule has 3 N–H and O–H groups in total. The van der Waals surface area contributed by atoms with Crippen LogP contribution in [0.15, 0.2) is 35.4 Å². The Labute approximate surface area is 157 Å². The van der Waals surface area contributed by atoms with Gasteiger partial charge in [-0.3, -0.25) is 14.5 Å². The van der Waals surface area contributed by atoms with Crippen LogP contribution in [-0.4, -0.2) is 46.7 Å². The summed E-state index contributed by atoms with van der Waals surface area (Å²) in [6, 6.07) is 8.56. The smallest absolute Gasteiger partial charge is 0.411 e. The fraction of sp³-hybridized carbons (Fsp3) is 0.474. The van der Waals surface area contributed by atoms with Crippen molar-refractivity contribution < 1.29 is 19.1 Å². The first-order valence-corrected chi connectivity index (χ1v) is 8.83. The summed E-state index contributed by atoms with van der Waals surface area (Å²) in [6.45, 7) is 5.27. The van der Waals surface area contributed by atoms with E-state index in [2.05, 4.69) is 10.5 Å². The summed E-state index contributed by atoms with van der Waals surface area (Å²) in [5.41, 5.74) is 7.96. The molecule has 27 heavy (non-hydrogen) atoms. The van der Waals surface area contributed by atoms with Crippen LogP contribution in [0.5, 0.6) is 0 Å². The molecule has 2 atom stereocenters. The molecule has 2 aliphatic heterocycles. The van der Waals surface area contributed by atoms with Gasteiger partial charge in [0.05, 0.1) is 11.1 Å². The zero-order chi connectivity index (χ0) is 19.8. The van der Waals surface area contributed by atoms with Gasteiger partial charge < -0.3 is 10.5 Å². The number of ether oxygens (including phenoxy) is 1. The normalized spacial score (nSPS) is 25.1. The Hall–Kier alpha value is -2.90. The maximum absolute atomic E-state index is 12.7. The van der Waals surface area contributed by atoms with Crippen LogP contribution in [0.2, 0.25) is 0 Å². The number of hydrazone groups is 1. The number of amides is 3. The first-order valence-electron chi connectivity index (χ1n) is 8.83. The molecule has 0 radical (unpaired) electrons. The third-order valence-electron chi connectivity index (χ3n) is 4.78. The van der Waals surface area contributed by atoms with Crippen LogP contribution >= 0.6 is 0 Å². The third-order valence-corrected chi connectivity index (χ3v) is 4.78. The van der Waals surface area contributed by atoms with Gasteiger partial charge in [0.2, 0.25) is 11.8 Å². The van der Waals surface area contributed by atoms with E-state index in [1.165, 1.54) is 4.90 Å². The standard InChI is InChI=1S/C19H24N4O4/c1-18(2,3)27-17(26)23-11-19(10-14(23)15(20)24)9-13(21-22-16(19)25)12-7-5-4-6-8-12/h4-8,14H,9-11H2,1-3H3,(H2,20,24)(H,22,25)/t14-,19-/m0/s1. The van der Waals surface area contributed by atoms with Crippen molar-refractivity contribution in [2.24, 2.45) is 16.3 Å². The number of nitrogens with two attached hydrogens (primary N) is 1. The molecule has 0 bridgehead atoms. The summed E-state index contributed by atoms with van der Waals surface area (Å²) < 4.78 is 5.40. The van der Waals surface area contributed by atoms with Crippen molar-refractivity contribution in [3.05, 3.63) is 35.9 Å². The number of nitrogens with one attached hydrogen (secondary N) is 1. The van der Waals surface area contributed by atoms with E-state index in [1.54, 1.807) is 20.8 Å². The first kappa shape index (κ1) is 18.9. The summed E-state index contributed by atoms with van der Waals surface area (Å²) in [4.78, 5) is 38.5. The molecule has 144 valence electrons. The van der Waals surface area contributed by atoms with Crippen LogP contribution in [0.1, 0.15) is 39.2 Å². The number of likely N-dealkylation sites (tertiary alicyclic amines) is 1. The van der Waals surface area contributed by atoms with Crippen molar-refractivity contribution in [2.45, 2.75) is 45.3 Å². The lowest BCUT2D eigenvalue weighted by molar-refractivity contribution is -0.130.